The normalized spacial score (nSPS) is 19.6. The van der Waals surface area contributed by atoms with Gasteiger partial charge in [0.25, 0.3) is 5.95 Å². The number of amidine groups is 1. The Morgan fingerprint density at radius 2 is 1.68 bits per heavy atom. The largest absolute Gasteiger partial charge is 0.452 e. The fraction of sp³-hybridized carbons (Fsp3) is 0.179. The summed E-state index contributed by atoms with van der Waals surface area (Å²) in [5.74, 6) is -0.124. The second-order valence-electron chi connectivity index (χ2n) is 9.16. The molecule has 9 heteroatoms. The molecule has 1 saturated heterocycles. The minimum absolute atomic E-state index is 0.00179. The molecule has 2 aromatic carbocycles. The summed E-state index contributed by atoms with van der Waals surface area (Å²) in [5.41, 5.74) is 8.86. The van der Waals surface area contributed by atoms with Gasteiger partial charge >= 0.3 is 0 Å². The molecule has 37 heavy (non-hydrogen) atoms. The Morgan fingerprint density at radius 3 is 2.51 bits per heavy atom. The lowest BCUT2D eigenvalue weighted by Crippen LogP contribution is -2.38. The average Bonchev–Trinajstić information content (AvgIpc) is 3.23. The molecule has 3 aliphatic rings. The van der Waals surface area contributed by atoms with E-state index in [9.17, 15) is 4.39 Å². The number of ether oxygens (including phenoxy) is 2. The van der Waals surface area contributed by atoms with Gasteiger partial charge in [0.2, 0.25) is 5.95 Å². The van der Waals surface area contributed by atoms with Crippen molar-refractivity contribution in [3.05, 3.63) is 101 Å². The zero-order valence-corrected chi connectivity index (χ0v) is 19.6. The first-order valence-corrected chi connectivity index (χ1v) is 12.0. The Hall–Kier alpha value is -4.37. The number of pyridine rings is 2. The fourth-order valence-electron chi connectivity index (χ4n) is 5.47. The number of morpholine rings is 1. The van der Waals surface area contributed by atoms with Crippen LogP contribution < -0.4 is 15.4 Å². The molecule has 2 aromatic heterocycles. The van der Waals surface area contributed by atoms with Crippen molar-refractivity contribution in [2.75, 3.05) is 31.2 Å². The third-order valence-electron chi connectivity index (χ3n) is 7.18. The average molecular weight is 498 g/mol. The SMILES string of the molecule is NC1=NC2(c3cc(-c4cccnc4F)ccc3Oc3c2cc(N2CCOCC2)nc3F)c2ccccc21. The smallest absolute Gasteiger partial charge is 0.258 e. The van der Waals surface area contributed by atoms with E-state index in [-0.39, 0.29) is 5.75 Å². The van der Waals surface area contributed by atoms with Crippen molar-refractivity contribution < 1.29 is 18.3 Å². The van der Waals surface area contributed by atoms with Gasteiger partial charge in [0, 0.05) is 41.5 Å². The van der Waals surface area contributed by atoms with Crippen molar-refractivity contribution in [3.63, 3.8) is 0 Å². The molecular weight excluding hydrogens is 476 g/mol. The topological polar surface area (TPSA) is 85.9 Å². The molecule has 0 radical (unpaired) electrons. The maximum atomic E-state index is 15.7. The summed E-state index contributed by atoms with van der Waals surface area (Å²) in [7, 11) is 0. The van der Waals surface area contributed by atoms with E-state index in [0.29, 0.717) is 66.0 Å². The minimum atomic E-state index is -1.21. The van der Waals surface area contributed by atoms with E-state index in [0.717, 1.165) is 11.1 Å². The van der Waals surface area contributed by atoms with E-state index in [2.05, 4.69) is 9.97 Å². The number of anilines is 1. The summed E-state index contributed by atoms with van der Waals surface area (Å²) in [6.07, 6.45) is 1.40. The van der Waals surface area contributed by atoms with E-state index >= 15 is 4.39 Å². The number of aromatic nitrogens is 2. The molecule has 0 amide bonds. The van der Waals surface area contributed by atoms with E-state index < -0.39 is 17.4 Å². The molecule has 3 aliphatic heterocycles. The third kappa shape index (κ3) is 3.17. The molecule has 7 rings (SSSR count). The van der Waals surface area contributed by atoms with Crippen LogP contribution in [0.25, 0.3) is 11.1 Å². The summed E-state index contributed by atoms with van der Waals surface area (Å²) in [5, 5.41) is 0. The number of nitrogens with two attached hydrogens (primary N) is 1. The molecule has 1 atom stereocenters. The van der Waals surface area contributed by atoms with Crippen LogP contribution in [0.4, 0.5) is 14.6 Å². The number of fused-ring (bicyclic) bond motifs is 6. The summed E-state index contributed by atoms with van der Waals surface area (Å²) in [4.78, 5) is 15.0. The van der Waals surface area contributed by atoms with Crippen molar-refractivity contribution in [2.24, 2.45) is 10.7 Å². The van der Waals surface area contributed by atoms with Crippen LogP contribution in [-0.2, 0) is 10.3 Å². The van der Waals surface area contributed by atoms with Crippen LogP contribution in [0.1, 0.15) is 22.3 Å². The number of hydrogen-bond donors (Lipinski definition) is 1. The first-order chi connectivity index (χ1) is 18.1. The van der Waals surface area contributed by atoms with Crippen LogP contribution in [0.5, 0.6) is 11.5 Å². The molecule has 0 aliphatic carbocycles. The number of hydrogen-bond acceptors (Lipinski definition) is 7. The first-order valence-electron chi connectivity index (χ1n) is 12.0. The molecule has 1 fully saturated rings. The van der Waals surface area contributed by atoms with Crippen molar-refractivity contribution in [1.29, 1.82) is 0 Å². The predicted octanol–water partition coefficient (Wildman–Crippen LogP) is 4.37. The zero-order chi connectivity index (χ0) is 25.1. The van der Waals surface area contributed by atoms with Crippen molar-refractivity contribution in [1.82, 2.24) is 9.97 Å². The Kier molecular flexibility index (Phi) is 4.77. The van der Waals surface area contributed by atoms with Gasteiger partial charge in [-0.25, -0.2) is 9.98 Å². The van der Waals surface area contributed by atoms with Gasteiger partial charge in [0.05, 0.1) is 13.2 Å². The molecular formula is C28H21F2N5O2. The van der Waals surface area contributed by atoms with Gasteiger partial charge in [0.1, 0.15) is 22.9 Å². The second kappa shape index (κ2) is 8.07. The van der Waals surface area contributed by atoms with Crippen molar-refractivity contribution in [2.45, 2.75) is 5.54 Å². The number of benzene rings is 2. The van der Waals surface area contributed by atoms with Crippen LogP contribution in [0.2, 0.25) is 0 Å². The maximum absolute atomic E-state index is 15.7. The lowest BCUT2D eigenvalue weighted by atomic mass is 9.75. The highest BCUT2D eigenvalue weighted by Crippen LogP contribution is 2.57. The molecule has 0 saturated carbocycles. The van der Waals surface area contributed by atoms with E-state index in [1.54, 1.807) is 24.3 Å². The minimum Gasteiger partial charge on any atom is -0.452 e. The van der Waals surface area contributed by atoms with Gasteiger partial charge in [-0.15, -0.1) is 0 Å². The van der Waals surface area contributed by atoms with Crippen molar-refractivity contribution in [3.8, 4) is 22.6 Å². The van der Waals surface area contributed by atoms with Gasteiger partial charge in [0.15, 0.2) is 5.75 Å². The standard InChI is InChI=1S/C28H21F2N5O2/c29-25-17(5-3-9-32-25)16-7-8-22-20(14-16)28(19-6-2-1-4-18(19)27(31)34-28)21-15-23(33-26(30)24(21)37-22)35-10-12-36-13-11-35/h1-9,14-15H,10-13H2,(H2,31,34). The van der Waals surface area contributed by atoms with Gasteiger partial charge < -0.3 is 20.1 Å². The van der Waals surface area contributed by atoms with E-state index in [1.807, 2.05) is 41.3 Å². The highest BCUT2D eigenvalue weighted by atomic mass is 19.1. The fourth-order valence-corrected chi connectivity index (χ4v) is 5.47. The first kappa shape index (κ1) is 21.9. The molecule has 1 spiro atoms. The molecule has 1 unspecified atom stereocenters. The summed E-state index contributed by atoms with van der Waals surface area (Å²) in [6, 6.07) is 18.0. The molecule has 7 nitrogen and oxygen atoms in total. The van der Waals surface area contributed by atoms with Gasteiger partial charge in [-0.05, 0) is 41.5 Å². The summed E-state index contributed by atoms with van der Waals surface area (Å²) < 4.78 is 41.9. The van der Waals surface area contributed by atoms with Crippen LogP contribution in [-0.4, -0.2) is 42.1 Å². The van der Waals surface area contributed by atoms with Gasteiger partial charge in [-0.1, -0.05) is 30.3 Å². The number of aliphatic imine (C=N–C) groups is 1. The van der Waals surface area contributed by atoms with Crippen LogP contribution >= 0.6 is 0 Å². The van der Waals surface area contributed by atoms with Crippen LogP contribution in [0, 0.1) is 11.9 Å². The number of halogens is 2. The van der Waals surface area contributed by atoms with Gasteiger partial charge in [-0.3, -0.25) is 0 Å². The number of rotatable bonds is 2. The van der Waals surface area contributed by atoms with Crippen molar-refractivity contribution >= 4 is 11.7 Å². The Bertz CT molecular complexity index is 1600. The van der Waals surface area contributed by atoms with Crippen LogP contribution in [0.3, 0.4) is 0 Å². The lowest BCUT2D eigenvalue weighted by molar-refractivity contribution is 0.122. The Morgan fingerprint density at radius 1 is 0.865 bits per heavy atom. The third-order valence-corrected chi connectivity index (χ3v) is 7.18. The van der Waals surface area contributed by atoms with E-state index in [4.69, 9.17) is 20.2 Å². The molecule has 184 valence electrons. The molecule has 0 bridgehead atoms. The molecule has 2 N–H and O–H groups in total. The monoisotopic (exact) mass is 497 g/mol. The summed E-state index contributed by atoms with van der Waals surface area (Å²) in [6.45, 7) is 2.22. The Labute approximate surface area is 211 Å². The van der Waals surface area contributed by atoms with E-state index in [1.165, 1.54) is 6.20 Å². The quantitative estimate of drug-likeness (QED) is 0.414. The number of nitrogens with zero attached hydrogens (tertiary/aromatic N) is 4. The molecule has 5 heterocycles. The second-order valence-corrected chi connectivity index (χ2v) is 9.16. The van der Waals surface area contributed by atoms with Crippen LogP contribution in [0.15, 0.2) is 71.9 Å². The highest BCUT2D eigenvalue weighted by Gasteiger charge is 2.50. The molecule has 4 aromatic rings. The Balaban J connectivity index is 1.52. The summed E-state index contributed by atoms with van der Waals surface area (Å²) >= 11 is 0. The van der Waals surface area contributed by atoms with Gasteiger partial charge in [-0.2, -0.15) is 13.8 Å². The highest BCUT2D eigenvalue weighted by molar-refractivity contribution is 6.03. The lowest BCUT2D eigenvalue weighted by Gasteiger charge is -2.37. The maximum Gasteiger partial charge on any atom is 0.258 e. The zero-order valence-electron chi connectivity index (χ0n) is 19.6. The predicted molar refractivity (Wildman–Crippen MR) is 134 cm³/mol.